The first kappa shape index (κ1) is 11.3. The van der Waals surface area contributed by atoms with E-state index in [-0.39, 0.29) is 39.7 Å². The Balaban J connectivity index is 1.98. The highest BCUT2D eigenvalue weighted by atomic mass is 32.2. The lowest BCUT2D eigenvalue weighted by molar-refractivity contribution is 0.399. The van der Waals surface area contributed by atoms with E-state index in [1.165, 1.54) is 14.0 Å². The summed E-state index contributed by atoms with van der Waals surface area (Å²) in [7, 11) is -1.24. The number of H-pyrrole nitrogens is 1. The van der Waals surface area contributed by atoms with Crippen molar-refractivity contribution in [3.63, 3.8) is 0 Å². The van der Waals surface area contributed by atoms with Crippen molar-refractivity contribution in [1.29, 1.82) is 0 Å². The summed E-state index contributed by atoms with van der Waals surface area (Å²) < 4.78 is 61.0. The number of imidazole rings is 1. The SMILES string of the molecule is [2H]c1nc(C[S+]([O-])c2nc3nc(OC)ccc3n2[2H])c(C)c(OC([2H])([2H])[2H])c1C. The summed E-state index contributed by atoms with van der Waals surface area (Å²) in [4.78, 5) is 13.3. The van der Waals surface area contributed by atoms with Crippen molar-refractivity contribution in [3.8, 4) is 11.6 Å². The molecule has 3 aromatic heterocycles. The predicted molar refractivity (Wildman–Crippen MR) is 90.8 cm³/mol. The molecule has 1 atom stereocenters. The number of hydrogen-bond acceptors (Lipinski definition) is 6. The Morgan fingerprint density at radius 1 is 1.38 bits per heavy atom. The van der Waals surface area contributed by atoms with Gasteiger partial charge in [-0.3, -0.25) is 9.96 Å². The second-order valence-electron chi connectivity index (χ2n) is 5.04. The number of methoxy groups -OCH3 is 2. The Bertz CT molecular complexity index is 1070. The molecule has 3 aromatic rings. The van der Waals surface area contributed by atoms with Gasteiger partial charge >= 0.3 is 5.16 Å². The molecule has 3 rings (SSSR count). The van der Waals surface area contributed by atoms with Crippen LogP contribution in [0.4, 0.5) is 0 Å². The number of rotatable bonds is 5. The van der Waals surface area contributed by atoms with E-state index in [1.54, 1.807) is 19.1 Å². The Labute approximate surface area is 149 Å². The third kappa shape index (κ3) is 3.02. The molecule has 8 heteroatoms. The van der Waals surface area contributed by atoms with Crippen molar-refractivity contribution in [3.05, 3.63) is 35.1 Å². The molecule has 0 radical (unpaired) electrons. The molecular formula is C16H18N4O3S. The molecule has 0 saturated carbocycles. The zero-order valence-corrected chi connectivity index (χ0v) is 14.1. The van der Waals surface area contributed by atoms with E-state index in [1.807, 2.05) is 0 Å². The van der Waals surface area contributed by atoms with Crippen LogP contribution in [0.1, 0.15) is 22.3 Å². The fourth-order valence-electron chi connectivity index (χ4n) is 2.21. The normalized spacial score (nSPS) is 15.9. The molecule has 24 heavy (non-hydrogen) atoms. The lowest BCUT2D eigenvalue weighted by atomic mass is 10.1. The van der Waals surface area contributed by atoms with E-state index < -0.39 is 18.2 Å². The second kappa shape index (κ2) is 6.66. The van der Waals surface area contributed by atoms with Gasteiger partial charge in [0.25, 0.3) is 0 Å². The maximum absolute atomic E-state index is 12.9. The number of nitrogens with zero attached hydrogens (tertiary/aromatic N) is 3. The second-order valence-corrected chi connectivity index (χ2v) is 6.39. The van der Waals surface area contributed by atoms with Crippen molar-refractivity contribution in [2.75, 3.05) is 14.1 Å². The quantitative estimate of drug-likeness (QED) is 0.709. The van der Waals surface area contributed by atoms with Gasteiger partial charge in [-0.15, -0.1) is 0 Å². The molecule has 0 aliphatic heterocycles. The average molecular weight is 351 g/mol. The van der Waals surface area contributed by atoms with Crippen LogP contribution in [0.3, 0.4) is 0 Å². The molecular weight excluding hydrogens is 328 g/mol. The number of ether oxygens (including phenoxy) is 2. The average Bonchev–Trinajstić information content (AvgIpc) is 2.98. The van der Waals surface area contributed by atoms with E-state index in [0.29, 0.717) is 17.0 Å². The first-order valence-electron chi connectivity index (χ1n) is 9.43. The highest BCUT2D eigenvalue weighted by Gasteiger charge is 2.21. The molecule has 0 amide bonds. The third-order valence-electron chi connectivity index (χ3n) is 3.50. The van der Waals surface area contributed by atoms with E-state index in [2.05, 4.69) is 15.0 Å². The topological polar surface area (TPSA) is 96.0 Å². The smallest absolute Gasteiger partial charge is 0.323 e. The van der Waals surface area contributed by atoms with E-state index >= 15 is 0 Å². The van der Waals surface area contributed by atoms with Crippen LogP contribution in [-0.4, -0.2) is 38.6 Å². The molecule has 0 aromatic carbocycles. The Morgan fingerprint density at radius 2 is 2.21 bits per heavy atom. The number of aromatic nitrogens is 4. The van der Waals surface area contributed by atoms with Crippen LogP contribution in [0.5, 0.6) is 11.6 Å². The zero-order valence-electron chi connectivity index (χ0n) is 18.3. The van der Waals surface area contributed by atoms with Crippen molar-refractivity contribution in [1.82, 2.24) is 19.9 Å². The minimum atomic E-state index is -2.69. The van der Waals surface area contributed by atoms with Gasteiger partial charge in [0.1, 0.15) is 5.75 Å². The molecule has 1 unspecified atom stereocenters. The highest BCUT2D eigenvalue weighted by Crippen LogP contribution is 2.26. The standard InChI is InChI=1S/C16H18N4O3S/c1-9-7-17-12(10(2)14(9)23-4)8-24(21)16-18-11-5-6-13(22-3)19-15(11)20-16/h5-7H,8H2,1-4H3,(H,18,19,20)/i4D3,7D/hD. The van der Waals surface area contributed by atoms with Gasteiger partial charge in [-0.2, -0.15) is 9.97 Å². The molecule has 0 bridgehead atoms. The molecule has 0 fully saturated rings. The molecule has 1 N–H and O–H groups in total. The third-order valence-corrected chi connectivity index (χ3v) is 4.63. The lowest BCUT2D eigenvalue weighted by Gasteiger charge is -2.13. The maximum atomic E-state index is 12.9. The van der Waals surface area contributed by atoms with Gasteiger partial charge in [-0.05, 0) is 19.9 Å². The largest absolute Gasteiger partial charge is 0.609 e. The Kier molecular flexibility index (Phi) is 3.13. The first-order chi connectivity index (χ1) is 13.5. The van der Waals surface area contributed by atoms with Crippen LogP contribution in [0.25, 0.3) is 11.2 Å². The van der Waals surface area contributed by atoms with Gasteiger partial charge in [0.2, 0.25) is 5.88 Å². The van der Waals surface area contributed by atoms with E-state index in [4.69, 9.17) is 16.4 Å². The van der Waals surface area contributed by atoms with Gasteiger partial charge < -0.3 is 14.0 Å². The van der Waals surface area contributed by atoms with Gasteiger partial charge in [0.05, 0.1) is 30.8 Å². The van der Waals surface area contributed by atoms with E-state index in [0.717, 1.165) is 4.98 Å². The summed E-state index contributed by atoms with van der Waals surface area (Å²) >= 11 is -1.80. The van der Waals surface area contributed by atoms with Crippen LogP contribution >= 0.6 is 0 Å². The van der Waals surface area contributed by atoms with Crippen molar-refractivity contribution >= 4 is 22.3 Å². The minimum absolute atomic E-state index is 0.0165. The van der Waals surface area contributed by atoms with Crippen LogP contribution in [0.15, 0.2) is 23.5 Å². The van der Waals surface area contributed by atoms with Crippen LogP contribution < -0.4 is 9.47 Å². The first-order valence-corrected chi connectivity index (χ1v) is 8.30. The van der Waals surface area contributed by atoms with E-state index in [9.17, 15) is 4.55 Å². The number of aromatic amines is 1. The fraction of sp³-hybridized carbons (Fsp3) is 0.312. The molecule has 126 valence electrons. The summed E-state index contributed by atoms with van der Waals surface area (Å²) in [6.07, 6.45) is -0.173. The summed E-state index contributed by atoms with van der Waals surface area (Å²) in [5, 5.41) is -0.0488. The van der Waals surface area contributed by atoms with Crippen LogP contribution in [0.2, 0.25) is 1.41 Å². The van der Waals surface area contributed by atoms with Crippen LogP contribution in [0, 0.1) is 13.8 Å². The monoisotopic (exact) mass is 351 g/mol. The number of hydrogen-bond donors (Lipinski definition) is 1. The highest BCUT2D eigenvalue weighted by molar-refractivity contribution is 7.90. The predicted octanol–water partition coefficient (Wildman–Crippen LogP) is 2.29. The minimum Gasteiger partial charge on any atom is -0.609 e. The number of fused-ring (bicyclic) bond motifs is 1. The summed E-state index contributed by atoms with van der Waals surface area (Å²) in [6, 6.07) is 3.15. The van der Waals surface area contributed by atoms with Gasteiger partial charge in [-0.1, -0.05) is 0 Å². The molecule has 3 heterocycles. The van der Waals surface area contributed by atoms with Crippen molar-refractivity contribution in [2.24, 2.45) is 0 Å². The molecule has 7 nitrogen and oxygen atoms in total. The van der Waals surface area contributed by atoms with Gasteiger partial charge in [0, 0.05) is 34.5 Å². The number of nitrogens with one attached hydrogen (secondary N) is 1. The molecule has 0 aliphatic rings. The number of pyridine rings is 2. The molecule has 0 saturated heterocycles. The van der Waals surface area contributed by atoms with Crippen molar-refractivity contribution in [2.45, 2.75) is 24.8 Å². The van der Waals surface area contributed by atoms with Gasteiger partial charge in [-0.25, -0.2) is 0 Å². The van der Waals surface area contributed by atoms with Gasteiger partial charge in [0.15, 0.2) is 12.8 Å². The van der Waals surface area contributed by atoms with Crippen LogP contribution in [-0.2, 0) is 16.9 Å². The molecule has 0 aliphatic carbocycles. The summed E-state index contributed by atoms with van der Waals surface area (Å²) in [5.41, 5.74) is 1.45. The Hall–Kier alpha value is -2.32. The Morgan fingerprint density at radius 3 is 2.96 bits per heavy atom. The fourth-order valence-corrected chi connectivity index (χ4v) is 3.25. The lowest BCUT2D eigenvalue weighted by Crippen LogP contribution is -2.10. The zero-order chi connectivity index (χ0) is 21.5. The summed E-state index contributed by atoms with van der Waals surface area (Å²) in [6.45, 7) is 3.12. The van der Waals surface area contributed by atoms with Crippen molar-refractivity contribution < 1.29 is 20.9 Å². The summed E-state index contributed by atoms with van der Waals surface area (Å²) in [5.74, 6) is 0.159. The maximum Gasteiger partial charge on any atom is 0.323 e. The molecule has 0 spiro atoms.